The van der Waals surface area contributed by atoms with Crippen LogP contribution in [0.2, 0.25) is 0 Å². The van der Waals surface area contributed by atoms with Gasteiger partial charge >= 0.3 is 0 Å². The van der Waals surface area contributed by atoms with Gasteiger partial charge in [-0.25, -0.2) is 4.98 Å². The first-order chi connectivity index (χ1) is 11.1. The predicted molar refractivity (Wildman–Crippen MR) is 98.1 cm³/mol. The van der Waals surface area contributed by atoms with Crippen molar-refractivity contribution in [1.82, 2.24) is 15.2 Å². The van der Waals surface area contributed by atoms with Crippen LogP contribution in [0.1, 0.15) is 69.0 Å². The standard InChI is InChI=1S/C18H30N4S/c1-14(2)16-21-15(12-23-16)11-20-17(19-3)22-10-9-18(13-22)7-5-4-6-8-18/h12,14H,4-11,13H2,1-3H3,(H,19,20). The summed E-state index contributed by atoms with van der Waals surface area (Å²) in [7, 11) is 1.90. The van der Waals surface area contributed by atoms with E-state index in [9.17, 15) is 0 Å². The van der Waals surface area contributed by atoms with Crippen LogP contribution < -0.4 is 5.32 Å². The molecule has 1 saturated carbocycles. The number of rotatable bonds is 3. The monoisotopic (exact) mass is 334 g/mol. The fourth-order valence-electron chi connectivity index (χ4n) is 4.00. The van der Waals surface area contributed by atoms with Gasteiger partial charge in [0, 0.05) is 31.4 Å². The molecule has 1 N–H and O–H groups in total. The Labute approximate surface area is 144 Å². The van der Waals surface area contributed by atoms with E-state index in [4.69, 9.17) is 4.98 Å². The maximum Gasteiger partial charge on any atom is 0.193 e. The summed E-state index contributed by atoms with van der Waals surface area (Å²) in [6.07, 6.45) is 8.40. The van der Waals surface area contributed by atoms with Crippen LogP contribution in [0, 0.1) is 5.41 Å². The van der Waals surface area contributed by atoms with Gasteiger partial charge in [-0.15, -0.1) is 11.3 Å². The van der Waals surface area contributed by atoms with E-state index in [-0.39, 0.29) is 0 Å². The van der Waals surface area contributed by atoms with Crippen LogP contribution in [0.25, 0.3) is 0 Å². The molecule has 1 aliphatic heterocycles. The van der Waals surface area contributed by atoms with Crippen molar-refractivity contribution in [3.63, 3.8) is 0 Å². The molecule has 128 valence electrons. The van der Waals surface area contributed by atoms with Crippen LogP contribution >= 0.6 is 11.3 Å². The van der Waals surface area contributed by atoms with Crippen molar-refractivity contribution < 1.29 is 0 Å². The van der Waals surface area contributed by atoms with E-state index in [1.165, 1.54) is 50.1 Å². The van der Waals surface area contributed by atoms with Gasteiger partial charge in [-0.2, -0.15) is 0 Å². The van der Waals surface area contributed by atoms with E-state index in [1.807, 2.05) is 7.05 Å². The molecule has 2 aliphatic rings. The number of thiazole rings is 1. The minimum Gasteiger partial charge on any atom is -0.351 e. The Kier molecular flexibility index (Phi) is 5.24. The van der Waals surface area contributed by atoms with E-state index in [1.54, 1.807) is 11.3 Å². The van der Waals surface area contributed by atoms with Crippen LogP contribution in [-0.4, -0.2) is 36.0 Å². The lowest BCUT2D eigenvalue weighted by atomic mass is 9.73. The highest BCUT2D eigenvalue weighted by Gasteiger charge is 2.39. The van der Waals surface area contributed by atoms with Crippen molar-refractivity contribution in [2.24, 2.45) is 10.4 Å². The van der Waals surface area contributed by atoms with Gasteiger partial charge in [-0.3, -0.25) is 4.99 Å². The largest absolute Gasteiger partial charge is 0.351 e. The highest BCUT2D eigenvalue weighted by Crippen LogP contribution is 2.43. The molecule has 0 unspecified atom stereocenters. The molecule has 0 atom stereocenters. The molecule has 1 aromatic rings. The Morgan fingerprint density at radius 2 is 2.13 bits per heavy atom. The highest BCUT2D eigenvalue weighted by atomic mass is 32.1. The van der Waals surface area contributed by atoms with Crippen LogP contribution in [0.4, 0.5) is 0 Å². The van der Waals surface area contributed by atoms with Gasteiger partial charge in [0.05, 0.1) is 17.2 Å². The normalized spacial score (nSPS) is 21.4. The Hall–Kier alpha value is -1.10. The number of nitrogens with zero attached hydrogens (tertiary/aromatic N) is 3. The first-order valence-corrected chi connectivity index (χ1v) is 9.90. The van der Waals surface area contributed by atoms with Gasteiger partial charge in [0.15, 0.2) is 5.96 Å². The number of hydrogen-bond donors (Lipinski definition) is 1. The fourth-order valence-corrected chi connectivity index (χ4v) is 4.83. The second kappa shape index (κ2) is 7.20. The molecule has 5 heteroatoms. The van der Waals surface area contributed by atoms with Crippen molar-refractivity contribution >= 4 is 17.3 Å². The summed E-state index contributed by atoms with van der Waals surface area (Å²) >= 11 is 1.76. The van der Waals surface area contributed by atoms with E-state index >= 15 is 0 Å². The fraction of sp³-hybridized carbons (Fsp3) is 0.778. The number of nitrogens with one attached hydrogen (secondary N) is 1. The van der Waals surface area contributed by atoms with Gasteiger partial charge in [-0.05, 0) is 24.7 Å². The Balaban J connectivity index is 1.56. The molecule has 2 heterocycles. The van der Waals surface area contributed by atoms with E-state index in [0.29, 0.717) is 11.3 Å². The summed E-state index contributed by atoms with van der Waals surface area (Å²) in [5, 5.41) is 6.91. The van der Waals surface area contributed by atoms with Crippen LogP contribution in [0.15, 0.2) is 10.4 Å². The molecule has 1 aliphatic carbocycles. The van der Waals surface area contributed by atoms with Gasteiger partial charge in [0.2, 0.25) is 0 Å². The Bertz CT molecular complexity index is 543. The van der Waals surface area contributed by atoms with Crippen molar-refractivity contribution in [1.29, 1.82) is 0 Å². The van der Waals surface area contributed by atoms with Crippen LogP contribution in [-0.2, 0) is 6.54 Å². The Morgan fingerprint density at radius 1 is 1.35 bits per heavy atom. The molecule has 2 fully saturated rings. The second-order valence-electron chi connectivity index (χ2n) is 7.46. The third kappa shape index (κ3) is 3.87. The average Bonchev–Trinajstić information content (AvgIpc) is 3.17. The summed E-state index contributed by atoms with van der Waals surface area (Å²) in [5.74, 6) is 1.56. The van der Waals surface area contributed by atoms with Crippen LogP contribution in [0.3, 0.4) is 0 Å². The molecule has 0 radical (unpaired) electrons. The third-order valence-corrected chi connectivity index (χ3v) is 6.55. The molecule has 1 aromatic heterocycles. The summed E-state index contributed by atoms with van der Waals surface area (Å²) in [6.45, 7) is 7.50. The third-order valence-electron chi connectivity index (χ3n) is 5.35. The minimum atomic E-state index is 0.512. The van der Waals surface area contributed by atoms with Crippen molar-refractivity contribution in [2.45, 2.75) is 64.8 Å². The zero-order valence-corrected chi connectivity index (χ0v) is 15.6. The maximum atomic E-state index is 4.71. The topological polar surface area (TPSA) is 40.5 Å². The van der Waals surface area contributed by atoms with E-state index in [2.05, 4.69) is 34.4 Å². The first kappa shape index (κ1) is 16.7. The zero-order chi connectivity index (χ0) is 16.3. The summed E-state index contributed by atoms with van der Waals surface area (Å²) in [6, 6.07) is 0. The molecule has 0 aromatic carbocycles. The quantitative estimate of drug-likeness (QED) is 0.671. The van der Waals surface area contributed by atoms with Gasteiger partial charge in [0.25, 0.3) is 0 Å². The van der Waals surface area contributed by atoms with Crippen molar-refractivity contribution in [3.05, 3.63) is 16.1 Å². The molecule has 1 saturated heterocycles. The molecule has 0 bridgehead atoms. The summed E-state index contributed by atoms with van der Waals surface area (Å²) < 4.78 is 0. The lowest BCUT2D eigenvalue weighted by molar-refractivity contribution is 0.203. The SMILES string of the molecule is CN=C(NCc1csc(C(C)C)n1)N1CCC2(CCCCC2)C1. The van der Waals surface area contributed by atoms with Crippen LogP contribution in [0.5, 0.6) is 0 Å². The lowest BCUT2D eigenvalue weighted by Crippen LogP contribution is -2.41. The lowest BCUT2D eigenvalue weighted by Gasteiger charge is -2.33. The smallest absolute Gasteiger partial charge is 0.193 e. The highest BCUT2D eigenvalue weighted by molar-refractivity contribution is 7.09. The van der Waals surface area contributed by atoms with E-state index in [0.717, 1.165) is 24.7 Å². The number of likely N-dealkylation sites (tertiary alicyclic amines) is 1. The molecule has 0 amide bonds. The molecular weight excluding hydrogens is 304 g/mol. The van der Waals surface area contributed by atoms with Crippen molar-refractivity contribution in [3.8, 4) is 0 Å². The molecule has 4 nitrogen and oxygen atoms in total. The van der Waals surface area contributed by atoms with Gasteiger partial charge < -0.3 is 10.2 Å². The number of hydrogen-bond acceptors (Lipinski definition) is 3. The van der Waals surface area contributed by atoms with Crippen molar-refractivity contribution in [2.75, 3.05) is 20.1 Å². The predicted octanol–water partition coefficient (Wildman–Crippen LogP) is 4.00. The number of aromatic nitrogens is 1. The maximum absolute atomic E-state index is 4.71. The second-order valence-corrected chi connectivity index (χ2v) is 8.35. The summed E-state index contributed by atoms with van der Waals surface area (Å²) in [4.78, 5) is 11.7. The molecule has 1 spiro atoms. The molecular formula is C18H30N4S. The number of aliphatic imine (C=N–C) groups is 1. The molecule has 3 rings (SSSR count). The minimum absolute atomic E-state index is 0.512. The van der Waals surface area contributed by atoms with Gasteiger partial charge in [0.1, 0.15) is 0 Å². The summed E-state index contributed by atoms with van der Waals surface area (Å²) in [5.41, 5.74) is 1.70. The average molecular weight is 335 g/mol. The van der Waals surface area contributed by atoms with E-state index < -0.39 is 0 Å². The zero-order valence-electron chi connectivity index (χ0n) is 14.8. The Morgan fingerprint density at radius 3 is 2.78 bits per heavy atom. The number of guanidine groups is 1. The first-order valence-electron chi connectivity index (χ1n) is 9.02. The molecule has 23 heavy (non-hydrogen) atoms. The van der Waals surface area contributed by atoms with Gasteiger partial charge in [-0.1, -0.05) is 33.1 Å².